The van der Waals surface area contributed by atoms with E-state index in [4.69, 9.17) is 12.2 Å². The van der Waals surface area contributed by atoms with Crippen LogP contribution in [-0.4, -0.2) is 36.2 Å². The molecule has 0 unspecified atom stereocenters. The van der Waals surface area contributed by atoms with Crippen molar-refractivity contribution in [3.8, 4) is 22.8 Å². The number of hydrogen-bond acceptors (Lipinski definition) is 6. The van der Waals surface area contributed by atoms with Crippen molar-refractivity contribution in [3.05, 3.63) is 81.1 Å². The Balaban J connectivity index is 1.71. The van der Waals surface area contributed by atoms with E-state index in [0.29, 0.717) is 17.1 Å². The van der Waals surface area contributed by atoms with Crippen molar-refractivity contribution in [2.45, 2.75) is 0 Å². The summed E-state index contributed by atoms with van der Waals surface area (Å²) in [5.74, 6) is 0.412. The Hall–Kier alpha value is -3.92. The van der Waals surface area contributed by atoms with E-state index in [2.05, 4.69) is 25.5 Å². The summed E-state index contributed by atoms with van der Waals surface area (Å²) < 4.78 is 1.63. The molecule has 0 saturated heterocycles. The van der Waals surface area contributed by atoms with Gasteiger partial charge < -0.3 is 0 Å². The van der Waals surface area contributed by atoms with Crippen molar-refractivity contribution in [2.75, 3.05) is 0 Å². The molecule has 4 rings (SSSR count). The lowest BCUT2D eigenvalue weighted by Crippen LogP contribution is -1.98. The maximum absolute atomic E-state index is 11.2. The monoisotopic (exact) mass is 391 g/mol. The first kappa shape index (κ1) is 17.5. The lowest BCUT2D eigenvalue weighted by Gasteiger charge is -1.99. The predicted molar refractivity (Wildman–Crippen MR) is 107 cm³/mol. The highest BCUT2D eigenvalue weighted by Crippen LogP contribution is 2.23. The number of nitrogens with zero attached hydrogens (tertiary/aromatic N) is 5. The summed E-state index contributed by atoms with van der Waals surface area (Å²) in [7, 11) is 0. The predicted octanol–water partition coefficient (Wildman–Crippen LogP) is 3.79. The van der Waals surface area contributed by atoms with Crippen LogP contribution >= 0.6 is 12.2 Å². The fourth-order valence-corrected chi connectivity index (χ4v) is 2.83. The van der Waals surface area contributed by atoms with E-state index >= 15 is 0 Å². The first-order valence-electron chi connectivity index (χ1n) is 8.20. The molecule has 10 heteroatoms. The summed E-state index contributed by atoms with van der Waals surface area (Å²) in [6.45, 7) is 0. The zero-order valence-electron chi connectivity index (χ0n) is 14.3. The van der Waals surface area contributed by atoms with Crippen LogP contribution in [0.15, 0.2) is 65.8 Å². The van der Waals surface area contributed by atoms with E-state index in [-0.39, 0.29) is 10.5 Å². The van der Waals surface area contributed by atoms with Gasteiger partial charge in [0.05, 0.1) is 22.4 Å². The van der Waals surface area contributed by atoms with E-state index in [1.807, 2.05) is 36.4 Å². The number of aromatic nitrogens is 5. The lowest BCUT2D eigenvalue weighted by molar-refractivity contribution is -0.385. The summed E-state index contributed by atoms with van der Waals surface area (Å²) >= 11 is 5.24. The van der Waals surface area contributed by atoms with Crippen molar-refractivity contribution in [2.24, 2.45) is 5.10 Å². The minimum atomic E-state index is -0.460. The Morgan fingerprint density at radius 3 is 2.61 bits per heavy atom. The molecule has 2 aromatic heterocycles. The van der Waals surface area contributed by atoms with Crippen LogP contribution in [0.25, 0.3) is 22.8 Å². The molecular formula is C18H13N7O2S. The molecule has 2 N–H and O–H groups in total. The number of benzene rings is 2. The van der Waals surface area contributed by atoms with E-state index in [1.165, 1.54) is 17.0 Å². The Labute approximate surface area is 163 Å². The quantitative estimate of drug-likeness (QED) is 0.232. The molecular weight excluding hydrogens is 378 g/mol. The van der Waals surface area contributed by atoms with Crippen LogP contribution in [0.4, 0.5) is 5.69 Å². The van der Waals surface area contributed by atoms with Crippen LogP contribution in [0.3, 0.4) is 0 Å². The summed E-state index contributed by atoms with van der Waals surface area (Å²) in [4.78, 5) is 10.7. The average Bonchev–Trinajstić information content (AvgIpc) is 3.34. The van der Waals surface area contributed by atoms with Gasteiger partial charge in [0.2, 0.25) is 10.6 Å². The van der Waals surface area contributed by atoms with Crippen molar-refractivity contribution < 1.29 is 4.92 Å². The molecule has 0 radical (unpaired) electrons. The van der Waals surface area contributed by atoms with Gasteiger partial charge in [-0.15, -0.1) is 0 Å². The first-order chi connectivity index (χ1) is 13.6. The van der Waals surface area contributed by atoms with Crippen LogP contribution in [0.1, 0.15) is 5.56 Å². The molecule has 2 heterocycles. The number of nitro benzene ring substituents is 1. The smallest absolute Gasteiger partial charge is 0.274 e. The fourth-order valence-electron chi connectivity index (χ4n) is 2.65. The molecule has 4 aromatic rings. The highest BCUT2D eigenvalue weighted by Gasteiger charge is 2.14. The standard InChI is InChI=1S/C18H13N7O2S/c26-25(27)16-9-5-4-8-13(16)11-19-24-17(22-23-18(24)28)15-10-14(20-21-15)12-6-2-1-3-7-12/h1-11H,(H,20,21)(H,23,28). The van der Waals surface area contributed by atoms with Crippen LogP contribution in [-0.2, 0) is 0 Å². The summed E-state index contributed by atoms with van der Waals surface area (Å²) in [5.41, 5.74) is 2.62. The molecule has 0 aliphatic heterocycles. The van der Waals surface area contributed by atoms with Crippen molar-refractivity contribution >= 4 is 24.1 Å². The summed E-state index contributed by atoms with van der Waals surface area (Å²) in [6.07, 6.45) is 1.38. The molecule has 28 heavy (non-hydrogen) atoms. The van der Waals surface area contributed by atoms with Crippen molar-refractivity contribution in [3.63, 3.8) is 0 Å². The second kappa shape index (κ2) is 7.37. The molecule has 0 atom stereocenters. The number of hydrogen-bond donors (Lipinski definition) is 2. The number of H-pyrrole nitrogens is 2. The minimum absolute atomic E-state index is 0.0456. The van der Waals surface area contributed by atoms with Gasteiger partial charge in [-0.2, -0.15) is 20.0 Å². The molecule has 0 amide bonds. The van der Waals surface area contributed by atoms with Gasteiger partial charge in [-0.25, -0.2) is 5.10 Å². The van der Waals surface area contributed by atoms with Crippen LogP contribution in [0.5, 0.6) is 0 Å². The van der Waals surface area contributed by atoms with Gasteiger partial charge in [-0.05, 0) is 24.4 Å². The van der Waals surface area contributed by atoms with Crippen LogP contribution < -0.4 is 0 Å². The molecule has 0 aliphatic rings. The number of aromatic amines is 2. The normalized spacial score (nSPS) is 11.1. The zero-order valence-corrected chi connectivity index (χ0v) is 15.1. The maximum atomic E-state index is 11.2. The largest absolute Gasteiger partial charge is 0.278 e. The molecule has 9 nitrogen and oxygen atoms in total. The lowest BCUT2D eigenvalue weighted by atomic mass is 10.1. The third-order valence-electron chi connectivity index (χ3n) is 3.98. The van der Waals surface area contributed by atoms with Gasteiger partial charge in [-0.1, -0.05) is 42.5 Å². The van der Waals surface area contributed by atoms with Crippen molar-refractivity contribution in [1.29, 1.82) is 0 Å². The summed E-state index contributed by atoms with van der Waals surface area (Å²) in [5, 5.41) is 29.5. The molecule has 0 fully saturated rings. The highest BCUT2D eigenvalue weighted by atomic mass is 32.1. The molecule has 0 aliphatic carbocycles. The Kier molecular flexibility index (Phi) is 4.60. The van der Waals surface area contributed by atoms with Gasteiger partial charge >= 0.3 is 0 Å². The molecule has 138 valence electrons. The van der Waals surface area contributed by atoms with Crippen molar-refractivity contribution in [1.82, 2.24) is 25.1 Å². The third-order valence-corrected chi connectivity index (χ3v) is 4.25. The molecule has 0 spiro atoms. The average molecular weight is 391 g/mol. The van der Waals surface area contributed by atoms with E-state index < -0.39 is 4.92 Å². The van der Waals surface area contributed by atoms with Crippen LogP contribution in [0, 0.1) is 14.9 Å². The van der Waals surface area contributed by atoms with Gasteiger partial charge in [0.25, 0.3) is 5.69 Å². The number of nitro groups is 1. The molecule has 0 saturated carbocycles. The summed E-state index contributed by atoms with van der Waals surface area (Å²) in [6, 6.07) is 17.8. The second-order valence-corrected chi connectivity index (χ2v) is 6.14. The minimum Gasteiger partial charge on any atom is -0.274 e. The van der Waals surface area contributed by atoms with E-state index in [9.17, 15) is 10.1 Å². The van der Waals surface area contributed by atoms with Gasteiger partial charge in [-0.3, -0.25) is 15.2 Å². The topological polar surface area (TPSA) is 118 Å². The Morgan fingerprint density at radius 2 is 1.82 bits per heavy atom. The Bertz CT molecular complexity index is 1220. The molecule has 0 bridgehead atoms. The number of para-hydroxylation sites is 1. The maximum Gasteiger partial charge on any atom is 0.278 e. The van der Waals surface area contributed by atoms with E-state index in [1.54, 1.807) is 18.2 Å². The highest BCUT2D eigenvalue weighted by molar-refractivity contribution is 7.71. The third kappa shape index (κ3) is 3.35. The SMILES string of the molecule is O=[N+]([O-])c1ccccc1C=Nn1c(-c2cc(-c3ccccc3)n[nH]2)n[nH]c1=S. The Morgan fingerprint density at radius 1 is 1.07 bits per heavy atom. The fraction of sp³-hybridized carbons (Fsp3) is 0. The molecule has 2 aromatic carbocycles. The zero-order chi connectivity index (χ0) is 19.5. The number of rotatable bonds is 5. The van der Waals surface area contributed by atoms with Crippen LogP contribution in [0.2, 0.25) is 0 Å². The first-order valence-corrected chi connectivity index (χ1v) is 8.61. The van der Waals surface area contributed by atoms with Gasteiger partial charge in [0.1, 0.15) is 5.69 Å². The van der Waals surface area contributed by atoms with Gasteiger partial charge in [0, 0.05) is 11.6 Å². The second-order valence-electron chi connectivity index (χ2n) is 5.76. The van der Waals surface area contributed by atoms with Gasteiger partial charge in [0.15, 0.2) is 0 Å². The van der Waals surface area contributed by atoms with E-state index in [0.717, 1.165) is 11.3 Å². The number of nitrogens with one attached hydrogen (secondary N) is 2.